The minimum atomic E-state index is -2.08. The molecule has 0 radical (unpaired) electrons. The number of nitrogens with two attached hydrogens (primary N) is 1. The average Bonchev–Trinajstić information content (AvgIpc) is 2.22. The van der Waals surface area contributed by atoms with Gasteiger partial charge in [0.05, 0.1) is 12.6 Å². The fourth-order valence-corrected chi connectivity index (χ4v) is 0.876. The maximum Gasteiger partial charge on any atom is 0.337 e. The third-order valence-corrected chi connectivity index (χ3v) is 2.07. The second-order valence-electron chi connectivity index (χ2n) is 3.84. The summed E-state index contributed by atoms with van der Waals surface area (Å²) in [4.78, 5) is 32.0. The molecule has 0 aliphatic heterocycles. The predicted octanol–water partition coefficient (Wildman–Crippen LogP) is -1.87. The molecule has 0 aromatic carbocycles. The van der Waals surface area contributed by atoms with E-state index in [1.807, 2.05) is 0 Å². The summed E-state index contributed by atoms with van der Waals surface area (Å²) in [6, 6.07) is -1.05. The lowest BCUT2D eigenvalue weighted by atomic mass is 10.1. The molecule has 6 N–H and O–H groups in total. The molecular formula is C9H16N2O6. The van der Waals surface area contributed by atoms with Crippen LogP contribution in [0, 0.1) is 0 Å². The molecule has 0 saturated heterocycles. The first-order valence-electron chi connectivity index (χ1n) is 4.87. The van der Waals surface area contributed by atoms with E-state index in [1.54, 1.807) is 0 Å². The maximum absolute atomic E-state index is 11.3. The van der Waals surface area contributed by atoms with Crippen molar-refractivity contribution in [3.05, 3.63) is 0 Å². The number of aliphatic hydroxyl groups is 1. The fraction of sp³-hybridized carbons (Fsp3) is 0.667. The van der Waals surface area contributed by atoms with Crippen molar-refractivity contribution in [2.45, 2.75) is 31.4 Å². The lowest BCUT2D eigenvalue weighted by Gasteiger charge is -2.19. The molecular weight excluding hydrogens is 232 g/mol. The highest BCUT2D eigenvalue weighted by Gasteiger charge is 2.30. The minimum Gasteiger partial charge on any atom is -0.481 e. The summed E-state index contributed by atoms with van der Waals surface area (Å²) in [5.41, 5.74) is 3.29. The summed E-state index contributed by atoms with van der Waals surface area (Å²) < 4.78 is 0. The largest absolute Gasteiger partial charge is 0.481 e. The predicted molar refractivity (Wildman–Crippen MR) is 56.1 cm³/mol. The quantitative estimate of drug-likeness (QED) is 0.354. The Morgan fingerprint density at radius 2 is 1.88 bits per heavy atom. The molecule has 98 valence electrons. The fourth-order valence-electron chi connectivity index (χ4n) is 0.876. The minimum absolute atomic E-state index is 0.0591. The lowest BCUT2D eigenvalue weighted by Crippen LogP contribution is -2.50. The molecule has 0 aromatic rings. The van der Waals surface area contributed by atoms with Crippen molar-refractivity contribution in [1.82, 2.24) is 5.32 Å². The van der Waals surface area contributed by atoms with Gasteiger partial charge < -0.3 is 26.4 Å². The SMILES string of the molecule is CC(O)(CNC(=O)C(N)CCC(=O)O)C(=O)O. The van der Waals surface area contributed by atoms with Crippen molar-refractivity contribution in [3.63, 3.8) is 0 Å². The molecule has 0 spiro atoms. The van der Waals surface area contributed by atoms with E-state index >= 15 is 0 Å². The Labute approximate surface area is 97.4 Å². The van der Waals surface area contributed by atoms with Crippen molar-refractivity contribution >= 4 is 17.8 Å². The van der Waals surface area contributed by atoms with Crippen LogP contribution >= 0.6 is 0 Å². The van der Waals surface area contributed by atoms with Gasteiger partial charge in [0.1, 0.15) is 0 Å². The van der Waals surface area contributed by atoms with Gasteiger partial charge in [-0.1, -0.05) is 0 Å². The van der Waals surface area contributed by atoms with Crippen LogP contribution in [0.4, 0.5) is 0 Å². The van der Waals surface area contributed by atoms with E-state index in [0.717, 1.165) is 6.92 Å². The Kier molecular flexibility index (Phi) is 5.56. The van der Waals surface area contributed by atoms with Crippen molar-refractivity contribution in [1.29, 1.82) is 0 Å². The van der Waals surface area contributed by atoms with Crippen LogP contribution in [0.3, 0.4) is 0 Å². The van der Waals surface area contributed by atoms with Crippen LogP contribution in [-0.4, -0.2) is 51.4 Å². The van der Waals surface area contributed by atoms with E-state index in [1.165, 1.54) is 0 Å². The zero-order valence-electron chi connectivity index (χ0n) is 9.34. The zero-order chi connectivity index (χ0) is 13.6. The van der Waals surface area contributed by atoms with Crippen molar-refractivity contribution < 1.29 is 29.7 Å². The van der Waals surface area contributed by atoms with E-state index in [4.69, 9.17) is 15.9 Å². The number of hydrogen-bond acceptors (Lipinski definition) is 5. The van der Waals surface area contributed by atoms with E-state index < -0.39 is 36.0 Å². The van der Waals surface area contributed by atoms with Gasteiger partial charge in [0.25, 0.3) is 0 Å². The number of amides is 1. The van der Waals surface area contributed by atoms with Crippen LogP contribution < -0.4 is 11.1 Å². The number of aliphatic carboxylic acids is 2. The third kappa shape index (κ3) is 5.83. The molecule has 2 unspecified atom stereocenters. The lowest BCUT2D eigenvalue weighted by molar-refractivity contribution is -0.156. The number of hydrogen-bond donors (Lipinski definition) is 5. The number of nitrogens with one attached hydrogen (secondary N) is 1. The van der Waals surface area contributed by atoms with Crippen LogP contribution in [0.15, 0.2) is 0 Å². The molecule has 0 aromatic heterocycles. The monoisotopic (exact) mass is 248 g/mol. The first kappa shape index (κ1) is 15.3. The molecule has 0 heterocycles. The van der Waals surface area contributed by atoms with E-state index in [9.17, 15) is 19.5 Å². The zero-order valence-corrected chi connectivity index (χ0v) is 9.34. The van der Waals surface area contributed by atoms with Crippen LogP contribution in [0.1, 0.15) is 19.8 Å². The Hall–Kier alpha value is -1.67. The number of carboxylic acids is 2. The Bertz CT molecular complexity index is 315. The Morgan fingerprint density at radius 3 is 2.29 bits per heavy atom. The first-order valence-corrected chi connectivity index (χ1v) is 4.87. The Morgan fingerprint density at radius 1 is 1.35 bits per heavy atom. The summed E-state index contributed by atoms with van der Waals surface area (Å²) in [7, 11) is 0. The van der Waals surface area contributed by atoms with E-state index in [0.29, 0.717) is 0 Å². The van der Waals surface area contributed by atoms with Gasteiger partial charge in [0.2, 0.25) is 5.91 Å². The van der Waals surface area contributed by atoms with Gasteiger partial charge in [-0.05, 0) is 13.3 Å². The average molecular weight is 248 g/mol. The molecule has 2 atom stereocenters. The topological polar surface area (TPSA) is 150 Å². The molecule has 8 heteroatoms. The highest BCUT2D eigenvalue weighted by atomic mass is 16.4. The van der Waals surface area contributed by atoms with Crippen molar-refractivity contribution in [2.24, 2.45) is 5.73 Å². The molecule has 0 aliphatic rings. The van der Waals surface area contributed by atoms with E-state index in [-0.39, 0.29) is 12.8 Å². The summed E-state index contributed by atoms with van der Waals surface area (Å²) in [6.45, 7) is 0.528. The molecule has 0 aliphatic carbocycles. The van der Waals surface area contributed by atoms with Gasteiger partial charge in [-0.25, -0.2) is 4.79 Å². The van der Waals surface area contributed by atoms with Crippen LogP contribution in [0.25, 0.3) is 0 Å². The molecule has 8 nitrogen and oxygen atoms in total. The summed E-state index contributed by atoms with van der Waals surface area (Å²) in [6.07, 6.45) is -0.319. The third-order valence-electron chi connectivity index (χ3n) is 2.07. The van der Waals surface area contributed by atoms with Crippen LogP contribution in [0.5, 0.6) is 0 Å². The highest BCUT2D eigenvalue weighted by molar-refractivity contribution is 5.83. The van der Waals surface area contributed by atoms with Gasteiger partial charge >= 0.3 is 11.9 Å². The molecule has 0 saturated carbocycles. The summed E-state index contributed by atoms with van der Waals surface area (Å²) >= 11 is 0. The van der Waals surface area contributed by atoms with Crippen molar-refractivity contribution in [2.75, 3.05) is 6.54 Å². The standard InChI is InChI=1S/C9H16N2O6/c1-9(17,8(15)16)4-11-7(14)5(10)2-3-6(12)13/h5,17H,2-4,10H2,1H3,(H,11,14)(H,12,13)(H,15,16). The number of carbonyl (C=O) groups is 3. The number of rotatable bonds is 7. The Balaban J connectivity index is 4.09. The maximum atomic E-state index is 11.3. The summed E-state index contributed by atoms with van der Waals surface area (Å²) in [5, 5.41) is 28.4. The second-order valence-corrected chi connectivity index (χ2v) is 3.84. The van der Waals surface area contributed by atoms with Gasteiger partial charge in [0, 0.05) is 6.42 Å². The van der Waals surface area contributed by atoms with Gasteiger partial charge in [-0.2, -0.15) is 0 Å². The summed E-state index contributed by atoms with van der Waals surface area (Å²) in [5.74, 6) is -3.25. The number of carboxylic acid groups (broad SMARTS) is 2. The van der Waals surface area contributed by atoms with Crippen LogP contribution in [0.2, 0.25) is 0 Å². The normalized spacial score (nSPS) is 15.7. The molecule has 17 heavy (non-hydrogen) atoms. The van der Waals surface area contributed by atoms with Crippen LogP contribution in [-0.2, 0) is 14.4 Å². The van der Waals surface area contributed by atoms with Gasteiger partial charge in [-0.15, -0.1) is 0 Å². The highest BCUT2D eigenvalue weighted by Crippen LogP contribution is 2.01. The molecule has 1 amide bonds. The van der Waals surface area contributed by atoms with Gasteiger partial charge in [0.15, 0.2) is 5.60 Å². The molecule has 0 rings (SSSR count). The van der Waals surface area contributed by atoms with Crippen molar-refractivity contribution in [3.8, 4) is 0 Å². The molecule has 0 bridgehead atoms. The van der Waals surface area contributed by atoms with E-state index in [2.05, 4.69) is 5.32 Å². The number of carbonyl (C=O) groups excluding carboxylic acids is 1. The smallest absolute Gasteiger partial charge is 0.337 e. The molecule has 0 fully saturated rings. The first-order chi connectivity index (χ1) is 7.66. The van der Waals surface area contributed by atoms with Gasteiger partial charge in [-0.3, -0.25) is 9.59 Å². The second kappa shape index (κ2) is 6.16.